The fourth-order valence-corrected chi connectivity index (χ4v) is 2.82. The third-order valence-electron chi connectivity index (χ3n) is 3.97. The molecule has 0 radical (unpaired) electrons. The van der Waals surface area contributed by atoms with E-state index in [9.17, 15) is 13.2 Å². The van der Waals surface area contributed by atoms with Crippen LogP contribution in [0.25, 0.3) is 0 Å². The van der Waals surface area contributed by atoms with E-state index in [0.717, 1.165) is 19.3 Å². The highest BCUT2D eigenvalue weighted by Gasteiger charge is 2.17. The van der Waals surface area contributed by atoms with Gasteiger partial charge in [0.25, 0.3) is 0 Å². The number of primary sulfonamides is 1. The number of hydrogen-bond donors (Lipinski definition) is 2. The highest BCUT2D eigenvalue weighted by atomic mass is 32.2. The van der Waals surface area contributed by atoms with Gasteiger partial charge in [-0.2, -0.15) is 0 Å². The van der Waals surface area contributed by atoms with Crippen molar-refractivity contribution < 1.29 is 17.9 Å². The third kappa shape index (κ3) is 6.58. The molecule has 0 aliphatic rings. The number of nitrogens with two attached hydrogens (primary N) is 1. The molecule has 3 N–H and O–H groups in total. The molecule has 0 aromatic heterocycles. The maximum atomic E-state index is 11.8. The van der Waals surface area contributed by atoms with Crippen molar-refractivity contribution in [2.24, 2.45) is 17.0 Å². The average Bonchev–Trinajstić information content (AvgIpc) is 2.50. The zero-order valence-corrected chi connectivity index (χ0v) is 14.7. The van der Waals surface area contributed by atoms with Crippen LogP contribution in [0.15, 0.2) is 29.2 Å². The van der Waals surface area contributed by atoms with Crippen LogP contribution >= 0.6 is 0 Å². The first kappa shape index (κ1) is 19.4. The maximum Gasteiger partial charge on any atom is 0.411 e. The fraction of sp³-hybridized carbons (Fsp3) is 0.562. The first-order valence-corrected chi connectivity index (χ1v) is 9.39. The van der Waals surface area contributed by atoms with E-state index in [1.807, 2.05) is 0 Å². The van der Waals surface area contributed by atoms with E-state index in [2.05, 4.69) is 26.1 Å². The van der Waals surface area contributed by atoms with Crippen molar-refractivity contribution in [3.63, 3.8) is 0 Å². The Morgan fingerprint density at radius 2 is 1.87 bits per heavy atom. The summed E-state index contributed by atoms with van der Waals surface area (Å²) in [6.07, 6.45) is 2.57. The van der Waals surface area contributed by atoms with Crippen molar-refractivity contribution in [3.05, 3.63) is 24.3 Å². The van der Waals surface area contributed by atoms with Crippen LogP contribution < -0.4 is 10.5 Å². The van der Waals surface area contributed by atoms with Gasteiger partial charge in [0.05, 0.1) is 11.5 Å². The Morgan fingerprint density at radius 3 is 2.35 bits per heavy atom. The van der Waals surface area contributed by atoms with Crippen LogP contribution in [0.4, 0.5) is 10.5 Å². The molecule has 2 atom stereocenters. The topological polar surface area (TPSA) is 98.5 Å². The molecule has 1 rings (SSSR count). The molecular weight excluding hydrogens is 316 g/mol. The molecule has 1 amide bonds. The van der Waals surface area contributed by atoms with E-state index in [0.29, 0.717) is 24.1 Å². The molecule has 0 fully saturated rings. The summed E-state index contributed by atoms with van der Waals surface area (Å²) in [5, 5.41) is 7.60. The van der Waals surface area contributed by atoms with Gasteiger partial charge >= 0.3 is 6.09 Å². The number of sulfonamides is 1. The predicted octanol–water partition coefficient (Wildman–Crippen LogP) is 3.34. The summed E-state index contributed by atoms with van der Waals surface area (Å²) < 4.78 is 27.6. The summed E-state index contributed by atoms with van der Waals surface area (Å²) in [7, 11) is -3.73. The second-order valence-corrected chi connectivity index (χ2v) is 7.29. The summed E-state index contributed by atoms with van der Waals surface area (Å²) >= 11 is 0. The van der Waals surface area contributed by atoms with Crippen molar-refractivity contribution in [1.82, 2.24) is 0 Å². The second-order valence-electron chi connectivity index (χ2n) is 5.73. The third-order valence-corrected chi connectivity index (χ3v) is 4.90. The molecule has 1 aromatic carbocycles. The molecule has 0 spiro atoms. The molecule has 0 aliphatic heterocycles. The van der Waals surface area contributed by atoms with Gasteiger partial charge in [0.1, 0.15) is 0 Å². The number of benzene rings is 1. The monoisotopic (exact) mass is 342 g/mol. The highest BCUT2D eigenvalue weighted by Crippen LogP contribution is 2.21. The number of nitrogens with one attached hydrogen (secondary N) is 1. The van der Waals surface area contributed by atoms with Gasteiger partial charge in [-0.3, -0.25) is 5.32 Å². The molecule has 2 unspecified atom stereocenters. The molecule has 23 heavy (non-hydrogen) atoms. The number of rotatable bonds is 8. The van der Waals surface area contributed by atoms with Crippen molar-refractivity contribution in [1.29, 1.82) is 0 Å². The van der Waals surface area contributed by atoms with Gasteiger partial charge in [-0.15, -0.1) is 0 Å². The van der Waals surface area contributed by atoms with E-state index >= 15 is 0 Å². The van der Waals surface area contributed by atoms with Crippen LogP contribution in [-0.4, -0.2) is 21.1 Å². The van der Waals surface area contributed by atoms with Crippen LogP contribution in [0.3, 0.4) is 0 Å². The number of carbonyl (C=O) groups excluding carboxylic acids is 1. The number of anilines is 1. The average molecular weight is 342 g/mol. The van der Waals surface area contributed by atoms with Gasteiger partial charge in [-0.05, 0) is 42.5 Å². The van der Waals surface area contributed by atoms with Gasteiger partial charge in [0.2, 0.25) is 10.0 Å². The summed E-state index contributed by atoms with van der Waals surface area (Å²) in [4.78, 5) is 11.8. The van der Waals surface area contributed by atoms with Gasteiger partial charge in [-0.1, -0.05) is 33.6 Å². The Morgan fingerprint density at radius 1 is 1.26 bits per heavy atom. The second kappa shape index (κ2) is 8.88. The lowest BCUT2D eigenvalue weighted by molar-refractivity contribution is 0.119. The van der Waals surface area contributed by atoms with Crippen molar-refractivity contribution in [2.75, 3.05) is 11.9 Å². The summed E-state index contributed by atoms with van der Waals surface area (Å²) in [6, 6.07) is 5.62. The van der Waals surface area contributed by atoms with Crippen LogP contribution in [-0.2, 0) is 14.8 Å². The van der Waals surface area contributed by atoms with Crippen LogP contribution in [0.1, 0.15) is 40.0 Å². The van der Waals surface area contributed by atoms with Crippen LogP contribution in [0.2, 0.25) is 0 Å². The normalized spacial score (nSPS) is 14.1. The Kier molecular flexibility index (Phi) is 7.51. The van der Waals surface area contributed by atoms with Crippen molar-refractivity contribution in [2.45, 2.75) is 44.9 Å². The highest BCUT2D eigenvalue weighted by molar-refractivity contribution is 7.89. The Labute approximate surface area is 138 Å². The maximum absolute atomic E-state index is 11.8. The van der Waals surface area contributed by atoms with Crippen molar-refractivity contribution in [3.8, 4) is 0 Å². The Hall–Kier alpha value is -1.60. The van der Waals surface area contributed by atoms with Gasteiger partial charge in [0.15, 0.2) is 0 Å². The number of hydrogen-bond acceptors (Lipinski definition) is 4. The largest absolute Gasteiger partial charge is 0.449 e. The molecule has 130 valence electrons. The number of ether oxygens (including phenoxy) is 1. The van der Waals surface area contributed by atoms with Crippen LogP contribution in [0.5, 0.6) is 0 Å². The van der Waals surface area contributed by atoms with Crippen LogP contribution in [0, 0.1) is 11.8 Å². The summed E-state index contributed by atoms with van der Waals surface area (Å²) in [6.45, 7) is 6.78. The van der Waals surface area contributed by atoms with Gasteiger partial charge < -0.3 is 4.74 Å². The van der Waals surface area contributed by atoms with Crippen molar-refractivity contribution >= 4 is 21.8 Å². The Balaban J connectivity index is 2.56. The predicted molar refractivity (Wildman–Crippen MR) is 90.6 cm³/mol. The summed E-state index contributed by atoms with van der Waals surface area (Å²) in [5.74, 6) is 0.845. The number of amides is 1. The zero-order valence-electron chi connectivity index (χ0n) is 13.9. The standard InChI is InChI=1S/C16H26N2O4S/c1-4-6-13(12(3)5-2)11-22-16(19)18-14-7-9-15(10-8-14)23(17,20)21/h7-10,12-13H,4-6,11H2,1-3H3,(H,18,19)(H2,17,20,21). The van der Waals surface area contributed by atoms with Gasteiger partial charge in [-0.25, -0.2) is 18.4 Å². The molecule has 0 aliphatic carbocycles. The molecule has 0 saturated carbocycles. The lowest BCUT2D eigenvalue weighted by atomic mass is 9.89. The lowest BCUT2D eigenvalue weighted by Crippen LogP contribution is -2.22. The minimum absolute atomic E-state index is 0.00352. The molecule has 7 heteroatoms. The van der Waals surface area contributed by atoms with E-state index < -0.39 is 16.1 Å². The first-order chi connectivity index (χ1) is 10.8. The van der Waals surface area contributed by atoms with Gasteiger partial charge in [0, 0.05) is 5.69 Å². The molecule has 0 heterocycles. The fourth-order valence-electron chi connectivity index (χ4n) is 2.30. The molecule has 0 saturated heterocycles. The lowest BCUT2D eigenvalue weighted by Gasteiger charge is -2.22. The molecule has 0 bridgehead atoms. The molecule has 6 nitrogen and oxygen atoms in total. The number of carbonyl (C=O) groups is 1. The Bertz CT molecular complexity index is 599. The molecule has 1 aromatic rings. The minimum atomic E-state index is -3.73. The van der Waals surface area contributed by atoms with E-state index in [1.165, 1.54) is 24.3 Å². The van der Waals surface area contributed by atoms with E-state index in [1.54, 1.807) is 0 Å². The quantitative estimate of drug-likeness (QED) is 0.757. The smallest absolute Gasteiger partial charge is 0.411 e. The summed E-state index contributed by atoms with van der Waals surface area (Å²) in [5.41, 5.74) is 0.456. The SMILES string of the molecule is CCCC(COC(=O)Nc1ccc(S(N)(=O)=O)cc1)C(C)CC. The molecular formula is C16H26N2O4S. The van der Waals surface area contributed by atoms with E-state index in [4.69, 9.17) is 9.88 Å². The zero-order chi connectivity index (χ0) is 17.5. The van der Waals surface area contributed by atoms with E-state index in [-0.39, 0.29) is 4.90 Å². The first-order valence-electron chi connectivity index (χ1n) is 7.84. The minimum Gasteiger partial charge on any atom is -0.449 e.